The molecule has 2 aromatic carbocycles. The molecule has 2 aliphatic rings. The average Bonchev–Trinajstić information content (AvgIpc) is 3.15. The Bertz CT molecular complexity index is 1010. The van der Waals surface area contributed by atoms with Crippen molar-refractivity contribution in [2.24, 2.45) is 4.40 Å². The van der Waals surface area contributed by atoms with Gasteiger partial charge >= 0.3 is 0 Å². The Morgan fingerprint density at radius 3 is 2.86 bits per heavy atom. The summed E-state index contributed by atoms with van der Waals surface area (Å²) in [5.41, 5.74) is 3.81. The lowest BCUT2D eigenvalue weighted by atomic mass is 9.88. The zero-order valence-electron chi connectivity index (χ0n) is 15.9. The van der Waals surface area contributed by atoms with E-state index in [4.69, 9.17) is 4.40 Å². The van der Waals surface area contributed by atoms with E-state index in [2.05, 4.69) is 39.9 Å². The molecule has 1 saturated heterocycles. The average molecular weight is 394 g/mol. The second kappa shape index (κ2) is 7.63. The van der Waals surface area contributed by atoms with E-state index in [-0.39, 0.29) is 5.82 Å². The summed E-state index contributed by atoms with van der Waals surface area (Å²) in [4.78, 5) is 2.47. The molecule has 0 radical (unpaired) electrons. The van der Waals surface area contributed by atoms with Gasteiger partial charge in [-0.25, -0.2) is 8.79 Å². The van der Waals surface area contributed by atoms with Crippen LogP contribution in [0.1, 0.15) is 29.9 Å². The number of nitrogens with zero attached hydrogens (tertiary/aromatic N) is 3. The molecule has 0 N–H and O–H groups in total. The molecule has 0 aliphatic carbocycles. The minimum atomic E-state index is -0.176. The van der Waals surface area contributed by atoms with E-state index >= 15 is 0 Å². The number of aromatic nitrogens is 1. The first-order chi connectivity index (χ1) is 13.8. The third-order valence-electron chi connectivity index (χ3n) is 5.92. The molecule has 1 unspecified atom stereocenters. The van der Waals surface area contributed by atoms with Gasteiger partial charge in [0.2, 0.25) is 0 Å². The molecule has 144 valence electrons. The zero-order valence-corrected chi connectivity index (χ0v) is 16.7. The molecule has 5 rings (SSSR count). The molecule has 5 heteroatoms. The van der Waals surface area contributed by atoms with Crippen molar-refractivity contribution < 1.29 is 4.39 Å². The molecule has 28 heavy (non-hydrogen) atoms. The molecule has 3 heterocycles. The summed E-state index contributed by atoms with van der Waals surface area (Å²) in [6, 6.07) is 15.9. The lowest BCUT2D eigenvalue weighted by Crippen LogP contribution is -2.42. The summed E-state index contributed by atoms with van der Waals surface area (Å²) in [6.45, 7) is 3.18. The van der Waals surface area contributed by atoms with Crippen LogP contribution in [0.4, 0.5) is 4.39 Å². The monoisotopic (exact) mass is 393 g/mol. The number of hydrogen-bond acceptors (Lipinski definition) is 3. The van der Waals surface area contributed by atoms with Crippen LogP contribution in [-0.2, 0) is 13.0 Å². The quantitative estimate of drug-likeness (QED) is 0.564. The molecule has 1 atom stereocenters. The first kappa shape index (κ1) is 17.8. The van der Waals surface area contributed by atoms with E-state index in [1.54, 1.807) is 11.9 Å². The zero-order chi connectivity index (χ0) is 18.9. The predicted molar refractivity (Wildman–Crippen MR) is 115 cm³/mol. The van der Waals surface area contributed by atoms with E-state index in [0.29, 0.717) is 5.92 Å². The number of halogens is 1. The van der Waals surface area contributed by atoms with Crippen LogP contribution in [0.2, 0.25) is 0 Å². The normalized spacial score (nSPS) is 19.5. The summed E-state index contributed by atoms with van der Waals surface area (Å²) in [5.74, 6) is 2.63. The summed E-state index contributed by atoms with van der Waals surface area (Å²) < 4.78 is 20.2. The summed E-state index contributed by atoms with van der Waals surface area (Å²) >= 11 is 1.71. The SMILES string of the molecule is Fc1ccc(CCn2ccc3cc(C4CCCN5CCSN=C45)ccc32)cc1. The highest BCUT2D eigenvalue weighted by Crippen LogP contribution is 2.34. The molecule has 3 aromatic rings. The minimum absolute atomic E-state index is 0.176. The number of fused-ring (bicyclic) bond motifs is 2. The number of amidine groups is 1. The predicted octanol–water partition coefficient (Wildman–Crippen LogP) is 5.26. The fourth-order valence-corrected chi connectivity index (χ4v) is 5.18. The van der Waals surface area contributed by atoms with Gasteiger partial charge in [-0.15, -0.1) is 0 Å². The Kier molecular flexibility index (Phi) is 4.85. The molecule has 2 aliphatic heterocycles. The van der Waals surface area contributed by atoms with Crippen molar-refractivity contribution in [2.45, 2.75) is 31.7 Å². The Hall–Kier alpha value is -2.27. The Morgan fingerprint density at radius 1 is 1.07 bits per heavy atom. The summed E-state index contributed by atoms with van der Waals surface area (Å²) in [5, 5.41) is 1.29. The van der Waals surface area contributed by atoms with Crippen molar-refractivity contribution >= 4 is 28.7 Å². The second-order valence-corrected chi connectivity index (χ2v) is 8.52. The Balaban J connectivity index is 1.37. The Morgan fingerprint density at radius 2 is 1.96 bits per heavy atom. The molecule has 1 fully saturated rings. The maximum atomic E-state index is 13.1. The lowest BCUT2D eigenvalue weighted by Gasteiger charge is -2.37. The first-order valence-electron chi connectivity index (χ1n) is 10.1. The van der Waals surface area contributed by atoms with E-state index in [0.717, 1.165) is 37.4 Å². The molecular formula is C23H24FN3S. The molecule has 0 saturated carbocycles. The van der Waals surface area contributed by atoms with Gasteiger partial charge in [0.25, 0.3) is 0 Å². The summed E-state index contributed by atoms with van der Waals surface area (Å²) in [6.07, 6.45) is 5.49. The number of rotatable bonds is 4. The maximum Gasteiger partial charge on any atom is 0.123 e. The van der Waals surface area contributed by atoms with Crippen molar-refractivity contribution in [1.29, 1.82) is 0 Å². The van der Waals surface area contributed by atoms with E-state index in [1.165, 1.54) is 47.3 Å². The van der Waals surface area contributed by atoms with Crippen LogP contribution in [0.5, 0.6) is 0 Å². The molecule has 3 nitrogen and oxygen atoms in total. The van der Waals surface area contributed by atoms with E-state index in [1.807, 2.05) is 12.1 Å². The van der Waals surface area contributed by atoms with Crippen molar-refractivity contribution in [1.82, 2.24) is 9.47 Å². The van der Waals surface area contributed by atoms with Crippen molar-refractivity contribution in [3.8, 4) is 0 Å². The van der Waals surface area contributed by atoms with Crippen molar-refractivity contribution in [2.75, 3.05) is 18.8 Å². The smallest absolute Gasteiger partial charge is 0.123 e. The lowest BCUT2D eigenvalue weighted by molar-refractivity contribution is 0.371. The van der Waals surface area contributed by atoms with Gasteiger partial charge in [0.05, 0.1) is 0 Å². The fourth-order valence-electron chi connectivity index (χ4n) is 4.41. The minimum Gasteiger partial charge on any atom is -0.358 e. The Labute approximate surface area is 169 Å². The van der Waals surface area contributed by atoms with E-state index < -0.39 is 0 Å². The fraction of sp³-hybridized carbons (Fsp3) is 0.348. The van der Waals surface area contributed by atoms with Crippen LogP contribution >= 0.6 is 11.9 Å². The van der Waals surface area contributed by atoms with Gasteiger partial charge in [-0.1, -0.05) is 18.2 Å². The van der Waals surface area contributed by atoms with Crippen LogP contribution in [-0.4, -0.2) is 34.1 Å². The molecule has 0 bridgehead atoms. The highest BCUT2D eigenvalue weighted by atomic mass is 32.2. The highest BCUT2D eigenvalue weighted by molar-refractivity contribution is 7.98. The number of benzene rings is 2. The maximum absolute atomic E-state index is 13.1. The van der Waals surface area contributed by atoms with Crippen LogP contribution in [0.25, 0.3) is 10.9 Å². The van der Waals surface area contributed by atoms with Crippen LogP contribution in [0.15, 0.2) is 59.1 Å². The van der Waals surface area contributed by atoms with Gasteiger partial charge < -0.3 is 9.47 Å². The van der Waals surface area contributed by atoms with Crippen LogP contribution < -0.4 is 0 Å². The second-order valence-electron chi connectivity index (χ2n) is 7.67. The van der Waals surface area contributed by atoms with Crippen LogP contribution in [0, 0.1) is 5.82 Å². The number of piperidine rings is 1. The van der Waals surface area contributed by atoms with Gasteiger partial charge in [-0.2, -0.15) is 0 Å². The standard InChI is InChI=1S/C23H24FN3S/c24-20-6-3-17(4-7-20)9-12-26-13-10-19-16-18(5-8-22(19)26)21-2-1-11-27-14-15-28-25-23(21)27/h3-8,10,13,16,21H,1-2,9,11-12,14-15H2. The van der Waals surface area contributed by atoms with Crippen molar-refractivity contribution in [3.05, 3.63) is 71.7 Å². The summed E-state index contributed by atoms with van der Waals surface area (Å²) in [7, 11) is 0. The van der Waals surface area contributed by atoms with Gasteiger partial charge in [-0.05, 0) is 78.1 Å². The topological polar surface area (TPSA) is 20.5 Å². The number of hydrogen-bond donors (Lipinski definition) is 0. The van der Waals surface area contributed by atoms with Crippen molar-refractivity contribution in [3.63, 3.8) is 0 Å². The van der Waals surface area contributed by atoms with Gasteiger partial charge in [0, 0.05) is 43.0 Å². The first-order valence-corrected chi connectivity index (χ1v) is 11.0. The molecular weight excluding hydrogens is 369 g/mol. The van der Waals surface area contributed by atoms with Gasteiger partial charge in [0.1, 0.15) is 11.7 Å². The highest BCUT2D eigenvalue weighted by Gasteiger charge is 2.29. The number of aryl methyl sites for hydroxylation is 2. The third-order valence-corrected chi connectivity index (χ3v) is 6.60. The van der Waals surface area contributed by atoms with Crippen LogP contribution in [0.3, 0.4) is 0 Å². The van der Waals surface area contributed by atoms with E-state index in [9.17, 15) is 4.39 Å². The molecule has 0 spiro atoms. The third kappa shape index (κ3) is 3.44. The largest absolute Gasteiger partial charge is 0.358 e. The van der Waals surface area contributed by atoms with Gasteiger partial charge in [-0.3, -0.25) is 0 Å². The molecule has 0 amide bonds. The van der Waals surface area contributed by atoms with Gasteiger partial charge in [0.15, 0.2) is 0 Å². The molecule has 1 aromatic heterocycles.